The van der Waals surface area contributed by atoms with Crippen LogP contribution in [-0.2, 0) is 16.4 Å². The van der Waals surface area contributed by atoms with E-state index in [1.165, 1.54) is 9.87 Å². The van der Waals surface area contributed by atoms with Crippen molar-refractivity contribution in [2.24, 2.45) is 0 Å². The lowest BCUT2D eigenvalue weighted by Gasteiger charge is -2.20. The largest absolute Gasteiger partial charge is 0.243 e. The molecule has 1 rings (SSSR count). The molecule has 0 aromatic heterocycles. The van der Waals surface area contributed by atoms with Crippen molar-refractivity contribution < 1.29 is 8.42 Å². The van der Waals surface area contributed by atoms with Crippen molar-refractivity contribution >= 4 is 26.0 Å². The van der Waals surface area contributed by atoms with Gasteiger partial charge in [0, 0.05) is 18.4 Å². The van der Waals surface area contributed by atoms with Gasteiger partial charge < -0.3 is 0 Å². The highest BCUT2D eigenvalue weighted by atomic mass is 79.9. The normalized spacial score (nSPS) is 12.0. The van der Waals surface area contributed by atoms with E-state index in [4.69, 9.17) is 0 Å². The van der Waals surface area contributed by atoms with Gasteiger partial charge in [0.1, 0.15) is 0 Å². The minimum Gasteiger partial charge on any atom is -0.207 e. The zero-order chi connectivity index (χ0) is 14.3. The first-order chi connectivity index (χ1) is 9.06. The van der Waals surface area contributed by atoms with E-state index in [0.717, 1.165) is 24.6 Å². The maximum Gasteiger partial charge on any atom is 0.243 e. The average molecular weight is 348 g/mol. The van der Waals surface area contributed by atoms with E-state index >= 15 is 0 Å². The third-order valence-corrected chi connectivity index (χ3v) is 5.54. The van der Waals surface area contributed by atoms with Gasteiger partial charge in [0.05, 0.1) is 4.90 Å². The Balaban J connectivity index is 2.91. The third-order valence-electron chi connectivity index (χ3n) is 2.99. The lowest BCUT2D eigenvalue weighted by atomic mass is 10.1. The van der Waals surface area contributed by atoms with E-state index < -0.39 is 10.0 Å². The van der Waals surface area contributed by atoms with Crippen LogP contribution in [0.5, 0.6) is 0 Å². The second-order valence-corrected chi connectivity index (χ2v) is 7.16. The number of hydrogen-bond donors (Lipinski definition) is 0. The molecule has 108 valence electrons. The average Bonchev–Trinajstić information content (AvgIpc) is 2.40. The predicted molar refractivity (Wildman–Crippen MR) is 83.3 cm³/mol. The zero-order valence-corrected chi connectivity index (χ0v) is 14.0. The van der Waals surface area contributed by atoms with Crippen molar-refractivity contribution in [3.63, 3.8) is 0 Å². The number of sulfonamides is 1. The number of alkyl halides is 1. The molecule has 0 bridgehead atoms. The van der Waals surface area contributed by atoms with Crippen molar-refractivity contribution in [2.45, 2.75) is 38.0 Å². The molecule has 5 heteroatoms. The van der Waals surface area contributed by atoms with Crippen molar-refractivity contribution in [1.29, 1.82) is 0 Å². The number of rotatable bonds is 8. The molecule has 1 aromatic carbocycles. The molecule has 0 amide bonds. The Morgan fingerprint density at radius 3 is 2.26 bits per heavy atom. The van der Waals surface area contributed by atoms with Gasteiger partial charge in [-0.3, -0.25) is 0 Å². The quantitative estimate of drug-likeness (QED) is 0.675. The molecule has 3 nitrogen and oxygen atoms in total. The highest BCUT2D eigenvalue weighted by molar-refractivity contribution is 9.09. The first-order valence-electron chi connectivity index (χ1n) is 6.71. The van der Waals surface area contributed by atoms with Crippen LogP contribution < -0.4 is 0 Å². The molecule has 0 heterocycles. The molecule has 0 atom stereocenters. The third kappa shape index (κ3) is 4.58. The lowest BCUT2D eigenvalue weighted by Crippen LogP contribution is -2.32. The monoisotopic (exact) mass is 347 g/mol. The first kappa shape index (κ1) is 16.7. The van der Waals surface area contributed by atoms with Crippen LogP contribution in [0.15, 0.2) is 29.2 Å². The summed E-state index contributed by atoms with van der Waals surface area (Å²) in [6.07, 6.45) is 2.88. The predicted octanol–water partition coefficient (Wildman–Crippen LogP) is 3.43. The van der Waals surface area contributed by atoms with Gasteiger partial charge >= 0.3 is 0 Å². The molecule has 0 saturated carbocycles. The van der Waals surface area contributed by atoms with Crippen LogP contribution in [0.2, 0.25) is 0 Å². The number of halogens is 1. The summed E-state index contributed by atoms with van der Waals surface area (Å²) in [6.45, 7) is 5.05. The Hall–Kier alpha value is -0.390. The van der Waals surface area contributed by atoms with E-state index in [1.54, 1.807) is 12.1 Å². The molecule has 0 radical (unpaired) electrons. The van der Waals surface area contributed by atoms with Gasteiger partial charge in [-0.1, -0.05) is 48.3 Å². The summed E-state index contributed by atoms with van der Waals surface area (Å²) < 4.78 is 26.4. The van der Waals surface area contributed by atoms with E-state index in [9.17, 15) is 8.42 Å². The molecule has 0 N–H and O–H groups in total. The van der Waals surface area contributed by atoms with Gasteiger partial charge in [0.15, 0.2) is 0 Å². The van der Waals surface area contributed by atoms with Crippen LogP contribution in [0.25, 0.3) is 0 Å². The van der Waals surface area contributed by atoms with Crippen LogP contribution in [0, 0.1) is 0 Å². The molecular weight excluding hydrogens is 326 g/mol. The highest BCUT2D eigenvalue weighted by Crippen LogP contribution is 2.17. The van der Waals surface area contributed by atoms with Crippen LogP contribution in [0.4, 0.5) is 0 Å². The summed E-state index contributed by atoms with van der Waals surface area (Å²) in [5.41, 5.74) is 1.19. The van der Waals surface area contributed by atoms with Crippen LogP contribution in [0.3, 0.4) is 0 Å². The summed E-state index contributed by atoms with van der Waals surface area (Å²) >= 11 is 3.34. The van der Waals surface area contributed by atoms with Gasteiger partial charge in [-0.15, -0.1) is 0 Å². The topological polar surface area (TPSA) is 37.4 Å². The fourth-order valence-corrected chi connectivity index (χ4v) is 3.69. The summed E-state index contributed by atoms with van der Waals surface area (Å²) in [7, 11) is -3.34. The van der Waals surface area contributed by atoms with Crippen molar-refractivity contribution in [1.82, 2.24) is 4.31 Å². The molecule has 0 aliphatic carbocycles. The van der Waals surface area contributed by atoms with Crippen molar-refractivity contribution in [2.75, 3.05) is 18.4 Å². The summed E-state index contributed by atoms with van der Waals surface area (Å²) in [5, 5.41) is 0.814. The van der Waals surface area contributed by atoms with Gasteiger partial charge in [-0.05, 0) is 30.5 Å². The molecule has 0 unspecified atom stereocenters. The molecule has 0 aliphatic rings. The Bertz CT molecular complexity index is 471. The van der Waals surface area contributed by atoms with E-state index in [0.29, 0.717) is 18.0 Å². The summed E-state index contributed by atoms with van der Waals surface area (Å²) in [5.74, 6) is 0. The molecule has 0 fully saturated rings. The minimum atomic E-state index is -3.34. The van der Waals surface area contributed by atoms with Crippen LogP contribution in [0.1, 0.15) is 32.3 Å². The van der Waals surface area contributed by atoms with E-state index in [-0.39, 0.29) is 0 Å². The fourth-order valence-electron chi connectivity index (χ4n) is 1.95. The van der Waals surface area contributed by atoms with Crippen molar-refractivity contribution in [3.8, 4) is 0 Å². The number of benzene rings is 1. The van der Waals surface area contributed by atoms with Crippen LogP contribution >= 0.6 is 15.9 Å². The molecule has 1 aromatic rings. The second-order valence-electron chi connectivity index (χ2n) is 4.43. The highest BCUT2D eigenvalue weighted by Gasteiger charge is 2.22. The zero-order valence-electron chi connectivity index (χ0n) is 11.6. The molecule has 0 spiro atoms. The lowest BCUT2D eigenvalue weighted by molar-refractivity contribution is 0.428. The molecule has 0 aliphatic heterocycles. The summed E-state index contributed by atoms with van der Waals surface area (Å²) in [4.78, 5) is 0.392. The molecular formula is C14H22BrNO2S. The maximum atomic E-state index is 12.4. The fraction of sp³-hybridized carbons (Fsp3) is 0.571. The van der Waals surface area contributed by atoms with Gasteiger partial charge in [-0.25, -0.2) is 8.42 Å². The van der Waals surface area contributed by atoms with Gasteiger partial charge in [-0.2, -0.15) is 4.31 Å². The SMILES string of the molecule is CCCc1ccc(S(=O)(=O)N(CC)CCCBr)cc1. The van der Waals surface area contributed by atoms with Gasteiger partial charge in [0.25, 0.3) is 0 Å². The smallest absolute Gasteiger partial charge is 0.207 e. The molecule has 19 heavy (non-hydrogen) atoms. The Labute approximate surface area is 125 Å². The Morgan fingerprint density at radius 1 is 1.16 bits per heavy atom. The maximum absolute atomic E-state index is 12.4. The number of nitrogens with zero attached hydrogens (tertiary/aromatic N) is 1. The standard InChI is InChI=1S/C14H22BrNO2S/c1-3-6-13-7-9-14(10-8-13)19(17,18)16(4-2)12-5-11-15/h7-10H,3-6,11-12H2,1-2H3. The first-order valence-corrected chi connectivity index (χ1v) is 9.27. The van der Waals surface area contributed by atoms with Gasteiger partial charge in [0.2, 0.25) is 10.0 Å². The van der Waals surface area contributed by atoms with E-state index in [1.807, 2.05) is 19.1 Å². The Kier molecular flexibility index (Phi) is 7.04. The minimum absolute atomic E-state index is 0.392. The number of hydrogen-bond acceptors (Lipinski definition) is 2. The van der Waals surface area contributed by atoms with Crippen molar-refractivity contribution in [3.05, 3.63) is 29.8 Å². The van der Waals surface area contributed by atoms with Crippen LogP contribution in [-0.4, -0.2) is 31.1 Å². The Morgan fingerprint density at radius 2 is 1.79 bits per heavy atom. The second kappa shape index (κ2) is 8.02. The van der Waals surface area contributed by atoms with E-state index in [2.05, 4.69) is 22.9 Å². The summed E-state index contributed by atoms with van der Waals surface area (Å²) in [6, 6.07) is 7.26. The number of aryl methyl sites for hydroxylation is 1. The molecule has 0 saturated heterocycles.